The van der Waals surface area contributed by atoms with Gasteiger partial charge in [-0.2, -0.15) is 36.6 Å². The van der Waals surface area contributed by atoms with E-state index in [0.717, 1.165) is 19.4 Å². The first-order valence-electron chi connectivity index (χ1n) is 4.57. The van der Waals surface area contributed by atoms with E-state index >= 15 is 0 Å². The molecule has 5 nitrogen and oxygen atoms in total. The average Bonchev–Trinajstić information content (AvgIpc) is 2.12. The molecule has 20 heavy (non-hydrogen) atoms. The lowest BCUT2D eigenvalue weighted by Crippen LogP contribution is -2.50. The second-order valence-electron chi connectivity index (χ2n) is 3.83. The van der Waals surface area contributed by atoms with Gasteiger partial charge >= 0.3 is 31.1 Å². The lowest BCUT2D eigenvalue weighted by Gasteiger charge is -2.39. The maximum absolute atomic E-state index is 12.4. The first-order chi connectivity index (χ1) is 8.43. The molecule has 0 spiro atoms. The van der Waals surface area contributed by atoms with E-state index in [-0.39, 0.29) is 0 Å². The summed E-state index contributed by atoms with van der Waals surface area (Å²) in [7, 11) is -16.8. The number of halogens is 6. The summed E-state index contributed by atoms with van der Waals surface area (Å²) in [5.74, 6) is -0.516. The van der Waals surface area contributed by atoms with Crippen LogP contribution in [0.1, 0.15) is 6.92 Å². The van der Waals surface area contributed by atoms with Crippen LogP contribution >= 0.6 is 10.2 Å². The number of nitrogens with zero attached hydrogens (tertiary/aromatic N) is 1. The lowest BCUT2D eigenvalue weighted by atomic mass is 11.0. The third-order valence-electron chi connectivity index (χ3n) is 2.09. The van der Waals surface area contributed by atoms with Crippen LogP contribution in [0.3, 0.4) is 0 Å². The molecule has 0 saturated carbocycles. The monoisotopic (exact) mass is 371 g/mol. The van der Waals surface area contributed by atoms with Crippen molar-refractivity contribution in [3.8, 4) is 0 Å². The summed E-state index contributed by atoms with van der Waals surface area (Å²) in [6.07, 6.45) is 1.44. The molecule has 0 bridgehead atoms. The Hall–Kier alpha value is -0.210. The zero-order valence-electron chi connectivity index (χ0n) is 10.3. The van der Waals surface area contributed by atoms with Crippen LogP contribution < -0.4 is 0 Å². The molecule has 0 atom stereocenters. The van der Waals surface area contributed by atoms with Gasteiger partial charge in [0.2, 0.25) is 0 Å². The van der Waals surface area contributed by atoms with Crippen LogP contribution in [0.25, 0.3) is 0 Å². The van der Waals surface area contributed by atoms with E-state index in [1.165, 1.54) is 0 Å². The fraction of sp³-hybridized carbons (Fsp3) is 1.00. The van der Waals surface area contributed by atoms with Crippen molar-refractivity contribution >= 4 is 30.3 Å². The van der Waals surface area contributed by atoms with Crippen molar-refractivity contribution in [1.82, 2.24) is 3.12 Å². The van der Waals surface area contributed by atoms with E-state index in [2.05, 4.69) is 0 Å². The van der Waals surface area contributed by atoms with Gasteiger partial charge in [-0.1, -0.05) is 6.92 Å². The molecule has 0 aliphatic heterocycles. The topological polar surface area (TPSA) is 71.5 Å². The molecule has 0 aromatic rings. The molecule has 0 N–H and O–H groups in total. The maximum atomic E-state index is 12.4. The number of hydrogen-bond acceptors (Lipinski definition) is 4. The Labute approximate surface area is 113 Å². The molecule has 0 heterocycles. The fourth-order valence-electron chi connectivity index (χ4n) is 0.935. The molecule has 0 amide bonds. The minimum absolute atomic E-state index is 0.516. The van der Waals surface area contributed by atoms with Gasteiger partial charge in [-0.25, -0.2) is 16.8 Å². The third-order valence-corrected chi connectivity index (χ3v) is 11.0. The molecule has 14 heteroatoms. The SMILES string of the molecule is CCS(C)(C)N(S(=O)(=O)C(F)(F)F)S(=O)(=O)C(F)(F)F. The molecule has 0 rings (SSSR count). The Morgan fingerprint density at radius 1 is 0.800 bits per heavy atom. The highest BCUT2D eigenvalue weighted by molar-refractivity contribution is 8.40. The van der Waals surface area contributed by atoms with E-state index < -0.39 is 50.1 Å². The first-order valence-corrected chi connectivity index (χ1v) is 10.0. The average molecular weight is 371 g/mol. The lowest BCUT2D eigenvalue weighted by molar-refractivity contribution is -0.0505. The Kier molecular flexibility index (Phi) is 5.15. The highest BCUT2D eigenvalue weighted by atomic mass is 32.4. The fourth-order valence-corrected chi connectivity index (χ4v) is 8.41. The third kappa shape index (κ3) is 3.33. The molecule has 0 saturated heterocycles. The molecule has 0 unspecified atom stereocenters. The summed E-state index contributed by atoms with van der Waals surface area (Å²) in [5, 5.41) is 0. The van der Waals surface area contributed by atoms with Crippen LogP contribution in [0.2, 0.25) is 0 Å². The number of sulfonamides is 2. The molecule has 0 aromatic carbocycles. The number of hydrogen-bond donors (Lipinski definition) is 0. The van der Waals surface area contributed by atoms with Crippen LogP contribution in [0.15, 0.2) is 0 Å². The minimum atomic E-state index is -6.69. The van der Waals surface area contributed by atoms with Gasteiger partial charge in [-0.15, -0.1) is 0 Å². The molecular weight excluding hydrogens is 360 g/mol. The van der Waals surface area contributed by atoms with E-state index in [1.807, 2.05) is 0 Å². The van der Waals surface area contributed by atoms with Crippen molar-refractivity contribution in [2.75, 3.05) is 18.3 Å². The highest BCUT2D eigenvalue weighted by Crippen LogP contribution is 2.53. The van der Waals surface area contributed by atoms with Crippen molar-refractivity contribution in [2.24, 2.45) is 0 Å². The van der Waals surface area contributed by atoms with Crippen LogP contribution in [0.5, 0.6) is 0 Å². The summed E-state index contributed by atoms with van der Waals surface area (Å²) in [6, 6.07) is 0. The van der Waals surface area contributed by atoms with Gasteiger partial charge in [0.25, 0.3) is 0 Å². The van der Waals surface area contributed by atoms with Crippen LogP contribution in [-0.4, -0.2) is 49.2 Å². The Morgan fingerprint density at radius 3 is 1.20 bits per heavy atom. The maximum Gasteiger partial charge on any atom is 0.513 e. The molecule has 0 aromatic heterocycles. The van der Waals surface area contributed by atoms with E-state index in [4.69, 9.17) is 0 Å². The van der Waals surface area contributed by atoms with Crippen molar-refractivity contribution in [1.29, 1.82) is 0 Å². The van der Waals surface area contributed by atoms with Gasteiger partial charge in [0, 0.05) is 0 Å². The summed E-state index contributed by atoms with van der Waals surface area (Å²) < 4.78 is 118. The second kappa shape index (κ2) is 5.21. The van der Waals surface area contributed by atoms with E-state index in [9.17, 15) is 43.2 Å². The van der Waals surface area contributed by atoms with Gasteiger partial charge in [0.1, 0.15) is 0 Å². The van der Waals surface area contributed by atoms with E-state index in [0.29, 0.717) is 0 Å². The largest absolute Gasteiger partial charge is 0.513 e. The van der Waals surface area contributed by atoms with Crippen molar-refractivity contribution < 1.29 is 43.2 Å². The normalized spacial score (nSPS) is 16.5. The van der Waals surface area contributed by atoms with Crippen molar-refractivity contribution in [3.05, 3.63) is 0 Å². The highest BCUT2D eigenvalue weighted by Gasteiger charge is 2.64. The summed E-state index contributed by atoms with van der Waals surface area (Å²) in [5.41, 5.74) is -12.3. The first kappa shape index (κ1) is 19.8. The van der Waals surface area contributed by atoms with Crippen LogP contribution in [-0.2, 0) is 20.0 Å². The molecule has 0 radical (unpaired) electrons. The van der Waals surface area contributed by atoms with Crippen LogP contribution in [0, 0.1) is 0 Å². The zero-order valence-corrected chi connectivity index (χ0v) is 12.7. The van der Waals surface area contributed by atoms with Crippen LogP contribution in [0.4, 0.5) is 26.3 Å². The minimum Gasteiger partial charge on any atom is -0.201 e. The van der Waals surface area contributed by atoms with Gasteiger partial charge in [-0.3, -0.25) is 0 Å². The Morgan fingerprint density at radius 2 is 1.05 bits per heavy atom. The van der Waals surface area contributed by atoms with Gasteiger partial charge in [0.15, 0.2) is 0 Å². The number of alkyl halides is 6. The standard InChI is InChI=1S/C6H11F6NO4S3/c1-4-18(2,3)13(19(14,15)5(7,8)9)20(16,17)6(10,11)12/h4H2,1-3H3. The molecular formula is C6H11F6NO4S3. The van der Waals surface area contributed by atoms with Gasteiger partial charge < -0.3 is 0 Å². The zero-order chi connectivity index (χ0) is 16.8. The molecule has 124 valence electrons. The Bertz CT molecular complexity index is 516. The summed E-state index contributed by atoms with van der Waals surface area (Å²) >= 11 is 0. The molecule has 0 aliphatic rings. The number of rotatable bonds is 4. The van der Waals surface area contributed by atoms with Crippen molar-refractivity contribution in [2.45, 2.75) is 17.9 Å². The van der Waals surface area contributed by atoms with E-state index in [1.54, 1.807) is 0 Å². The van der Waals surface area contributed by atoms with Gasteiger partial charge in [-0.05, 0) is 21.4 Å². The predicted molar refractivity (Wildman–Crippen MR) is 61.8 cm³/mol. The predicted octanol–water partition coefficient (Wildman–Crippen LogP) is 1.99. The van der Waals surface area contributed by atoms with Crippen molar-refractivity contribution in [3.63, 3.8) is 0 Å². The smallest absolute Gasteiger partial charge is 0.201 e. The molecule has 0 fully saturated rings. The summed E-state index contributed by atoms with van der Waals surface area (Å²) in [6.45, 7) is 1.08. The summed E-state index contributed by atoms with van der Waals surface area (Å²) in [4.78, 5) is 0. The second-order valence-corrected chi connectivity index (χ2v) is 12.0. The van der Waals surface area contributed by atoms with Gasteiger partial charge in [0.05, 0.1) is 0 Å². The quantitative estimate of drug-likeness (QED) is 0.709. The Balaban J connectivity index is 6.51. The molecule has 0 aliphatic carbocycles.